The Morgan fingerprint density at radius 2 is 1.92 bits per heavy atom. The minimum absolute atomic E-state index is 0.0409. The van der Waals surface area contributed by atoms with E-state index in [-0.39, 0.29) is 35.5 Å². The van der Waals surface area contributed by atoms with Crippen LogP contribution in [0.3, 0.4) is 0 Å². The minimum atomic E-state index is -4.37. The van der Waals surface area contributed by atoms with Gasteiger partial charge in [0.1, 0.15) is 5.82 Å². The number of halogens is 3. The molecule has 3 heterocycles. The molecule has 1 saturated heterocycles. The van der Waals surface area contributed by atoms with Crippen molar-refractivity contribution in [2.24, 2.45) is 23.7 Å². The molecule has 3 aliphatic rings. The first-order valence-corrected chi connectivity index (χ1v) is 9.36. The Hall–Kier alpha value is -1.79. The number of amides is 1. The Labute approximate surface area is 151 Å². The summed E-state index contributed by atoms with van der Waals surface area (Å²) >= 11 is 0. The molecular formula is C19H24F3N3O. The molecule has 7 heteroatoms. The number of hydrogen-bond donors (Lipinski definition) is 1. The van der Waals surface area contributed by atoms with E-state index in [0.29, 0.717) is 31.0 Å². The third kappa shape index (κ3) is 2.76. The van der Waals surface area contributed by atoms with Gasteiger partial charge in [-0.3, -0.25) is 4.79 Å². The zero-order chi connectivity index (χ0) is 18.6. The quantitative estimate of drug-likeness (QED) is 0.866. The van der Waals surface area contributed by atoms with E-state index in [0.717, 1.165) is 18.9 Å². The molecule has 0 spiro atoms. The van der Waals surface area contributed by atoms with Crippen molar-refractivity contribution in [3.05, 3.63) is 23.4 Å². The van der Waals surface area contributed by atoms with Gasteiger partial charge in [0, 0.05) is 43.2 Å². The third-order valence-electron chi connectivity index (χ3n) is 6.33. The summed E-state index contributed by atoms with van der Waals surface area (Å²) in [5.41, 5.74) is -0.219. The first kappa shape index (κ1) is 17.6. The van der Waals surface area contributed by atoms with Gasteiger partial charge in [-0.25, -0.2) is 4.98 Å². The van der Waals surface area contributed by atoms with Crippen LogP contribution in [-0.4, -0.2) is 35.4 Å². The molecule has 0 aromatic carbocycles. The molecular weight excluding hydrogens is 343 g/mol. The lowest BCUT2D eigenvalue weighted by molar-refractivity contribution is -0.138. The molecule has 1 amide bonds. The van der Waals surface area contributed by atoms with Crippen molar-refractivity contribution in [3.8, 4) is 0 Å². The average Bonchev–Trinajstić information content (AvgIpc) is 3.10. The molecule has 3 unspecified atom stereocenters. The highest BCUT2D eigenvalue weighted by Gasteiger charge is 2.50. The number of nitrogens with zero attached hydrogens (tertiary/aromatic N) is 2. The predicted molar refractivity (Wildman–Crippen MR) is 91.6 cm³/mol. The number of anilines is 1. The van der Waals surface area contributed by atoms with Crippen LogP contribution in [0.2, 0.25) is 0 Å². The Bertz CT molecular complexity index is 704. The summed E-state index contributed by atoms with van der Waals surface area (Å²) in [6.07, 6.45) is -1.16. The standard InChI is InChI=1S/C19H24F3N3O/c1-10(2)18(26)25-8-11-3-4-12(9-25)15(11)13-7-24-17-16(13)14(5-6-23-17)19(20,21)22/h5-6,10-13,15H,3-4,7-9H2,1-2H3,(H,23,24). The highest BCUT2D eigenvalue weighted by atomic mass is 19.4. The van der Waals surface area contributed by atoms with Crippen LogP contribution in [0.5, 0.6) is 0 Å². The molecule has 1 saturated carbocycles. The first-order valence-electron chi connectivity index (χ1n) is 9.36. The number of likely N-dealkylation sites (tertiary alicyclic amines) is 1. The van der Waals surface area contributed by atoms with E-state index in [9.17, 15) is 18.0 Å². The molecule has 1 aliphatic carbocycles. The zero-order valence-electron chi connectivity index (χ0n) is 15.0. The molecule has 3 atom stereocenters. The fraction of sp³-hybridized carbons (Fsp3) is 0.684. The molecule has 1 aromatic rings. The van der Waals surface area contributed by atoms with Crippen LogP contribution in [0.4, 0.5) is 19.0 Å². The van der Waals surface area contributed by atoms with Crippen molar-refractivity contribution < 1.29 is 18.0 Å². The SMILES string of the molecule is CC(C)C(=O)N1CC2CCC(C1)C2C1CNc2nccc(C(F)(F)F)c21. The smallest absolute Gasteiger partial charge is 0.369 e. The molecule has 0 radical (unpaired) electrons. The summed E-state index contributed by atoms with van der Waals surface area (Å²) in [5.74, 6) is 1.05. The maximum absolute atomic E-state index is 13.5. The third-order valence-corrected chi connectivity index (χ3v) is 6.33. The Kier molecular flexibility index (Phi) is 4.15. The van der Waals surface area contributed by atoms with Crippen molar-refractivity contribution in [2.75, 3.05) is 25.0 Å². The second-order valence-corrected chi connectivity index (χ2v) is 8.18. The van der Waals surface area contributed by atoms with E-state index in [1.54, 1.807) is 0 Å². The molecule has 142 valence electrons. The van der Waals surface area contributed by atoms with Crippen molar-refractivity contribution in [1.82, 2.24) is 9.88 Å². The van der Waals surface area contributed by atoms with E-state index in [1.165, 1.54) is 6.20 Å². The number of rotatable bonds is 2. The number of nitrogens with one attached hydrogen (secondary N) is 1. The van der Waals surface area contributed by atoms with Gasteiger partial charge < -0.3 is 10.2 Å². The van der Waals surface area contributed by atoms with Gasteiger partial charge in [0.25, 0.3) is 0 Å². The summed E-state index contributed by atoms with van der Waals surface area (Å²) in [6.45, 7) is 5.64. The van der Waals surface area contributed by atoms with E-state index < -0.39 is 11.7 Å². The van der Waals surface area contributed by atoms with E-state index in [4.69, 9.17) is 0 Å². The van der Waals surface area contributed by atoms with Crippen LogP contribution in [0.1, 0.15) is 43.7 Å². The summed E-state index contributed by atoms with van der Waals surface area (Å²) in [6, 6.07) is 1.10. The molecule has 1 N–H and O–H groups in total. The van der Waals surface area contributed by atoms with Crippen LogP contribution in [-0.2, 0) is 11.0 Å². The lowest BCUT2D eigenvalue weighted by Gasteiger charge is -2.41. The number of alkyl halides is 3. The maximum atomic E-state index is 13.5. The van der Waals surface area contributed by atoms with Crippen LogP contribution in [0.15, 0.2) is 12.3 Å². The fourth-order valence-corrected chi connectivity index (χ4v) is 5.34. The Morgan fingerprint density at radius 1 is 1.27 bits per heavy atom. The average molecular weight is 367 g/mol. The predicted octanol–water partition coefficient (Wildman–Crippen LogP) is 3.75. The fourth-order valence-electron chi connectivity index (χ4n) is 5.34. The van der Waals surface area contributed by atoms with Gasteiger partial charge in [0.15, 0.2) is 0 Å². The molecule has 26 heavy (non-hydrogen) atoms. The number of pyridine rings is 1. The van der Waals surface area contributed by atoms with Crippen LogP contribution in [0, 0.1) is 23.7 Å². The van der Waals surface area contributed by atoms with Crippen molar-refractivity contribution in [2.45, 2.75) is 38.8 Å². The Morgan fingerprint density at radius 3 is 2.50 bits per heavy atom. The van der Waals surface area contributed by atoms with Gasteiger partial charge in [0.05, 0.1) is 5.56 Å². The number of fused-ring (bicyclic) bond motifs is 3. The largest absolute Gasteiger partial charge is 0.416 e. The summed E-state index contributed by atoms with van der Waals surface area (Å²) < 4.78 is 40.6. The summed E-state index contributed by atoms with van der Waals surface area (Å²) in [7, 11) is 0. The zero-order valence-corrected chi connectivity index (χ0v) is 15.0. The van der Waals surface area contributed by atoms with Gasteiger partial charge in [-0.1, -0.05) is 13.8 Å². The number of carbonyl (C=O) groups excluding carboxylic acids is 1. The van der Waals surface area contributed by atoms with Crippen molar-refractivity contribution in [1.29, 1.82) is 0 Å². The van der Waals surface area contributed by atoms with Gasteiger partial charge in [-0.05, 0) is 36.7 Å². The highest BCUT2D eigenvalue weighted by molar-refractivity contribution is 5.78. The second kappa shape index (κ2) is 6.13. The molecule has 2 bridgehead atoms. The van der Waals surface area contributed by atoms with Gasteiger partial charge in [-0.2, -0.15) is 13.2 Å². The number of carbonyl (C=O) groups is 1. The number of aromatic nitrogens is 1. The molecule has 4 rings (SSSR count). The monoisotopic (exact) mass is 367 g/mol. The van der Waals surface area contributed by atoms with Crippen LogP contribution in [0.25, 0.3) is 0 Å². The van der Waals surface area contributed by atoms with Gasteiger partial charge in [0.2, 0.25) is 5.91 Å². The number of hydrogen-bond acceptors (Lipinski definition) is 3. The molecule has 1 aromatic heterocycles. The van der Waals surface area contributed by atoms with Crippen molar-refractivity contribution >= 4 is 11.7 Å². The second-order valence-electron chi connectivity index (χ2n) is 8.18. The van der Waals surface area contributed by atoms with Crippen LogP contribution >= 0.6 is 0 Å². The number of piperidine rings is 1. The molecule has 2 aliphatic heterocycles. The topological polar surface area (TPSA) is 45.2 Å². The first-order chi connectivity index (χ1) is 12.3. The molecule has 2 fully saturated rings. The van der Waals surface area contributed by atoms with E-state index >= 15 is 0 Å². The lowest BCUT2D eigenvalue weighted by Crippen LogP contribution is -2.48. The lowest BCUT2D eigenvalue weighted by atomic mass is 9.73. The van der Waals surface area contributed by atoms with E-state index in [2.05, 4.69) is 10.3 Å². The normalized spacial score (nSPS) is 30.5. The van der Waals surface area contributed by atoms with Crippen LogP contribution < -0.4 is 5.32 Å². The van der Waals surface area contributed by atoms with Crippen molar-refractivity contribution in [3.63, 3.8) is 0 Å². The summed E-state index contributed by atoms with van der Waals surface area (Å²) in [5, 5.41) is 3.09. The van der Waals surface area contributed by atoms with E-state index in [1.807, 2.05) is 18.7 Å². The Balaban J connectivity index is 1.64. The highest BCUT2D eigenvalue weighted by Crippen LogP contribution is 2.53. The minimum Gasteiger partial charge on any atom is -0.369 e. The van der Waals surface area contributed by atoms with Gasteiger partial charge in [-0.15, -0.1) is 0 Å². The maximum Gasteiger partial charge on any atom is 0.416 e. The summed E-state index contributed by atoms with van der Waals surface area (Å²) in [4.78, 5) is 18.5. The van der Waals surface area contributed by atoms with Gasteiger partial charge >= 0.3 is 6.18 Å². The molecule has 4 nitrogen and oxygen atoms in total.